The average Bonchev–Trinajstić information content (AvgIpc) is 2.67. The summed E-state index contributed by atoms with van der Waals surface area (Å²) in [6.07, 6.45) is 0. The number of nitrogens with zero attached hydrogens (tertiary/aromatic N) is 2. The third kappa shape index (κ3) is 4.50. The van der Waals surface area contributed by atoms with Gasteiger partial charge in [0.2, 0.25) is 0 Å². The second-order valence-corrected chi connectivity index (χ2v) is 7.62. The Labute approximate surface area is 136 Å². The third-order valence-corrected chi connectivity index (χ3v) is 4.73. The molecule has 1 N–H and O–H groups in total. The predicted octanol–water partition coefficient (Wildman–Crippen LogP) is 4.42. The van der Waals surface area contributed by atoms with Gasteiger partial charge in [0, 0.05) is 24.0 Å². The molecule has 0 unspecified atom stereocenters. The number of benzene rings is 1. The molecule has 0 radical (unpaired) electrons. The van der Waals surface area contributed by atoms with Crippen LogP contribution >= 0.6 is 23.4 Å². The van der Waals surface area contributed by atoms with Gasteiger partial charge in [-0.05, 0) is 45.4 Å². The lowest BCUT2D eigenvalue weighted by Gasteiger charge is -2.22. The van der Waals surface area contributed by atoms with Crippen molar-refractivity contribution in [2.24, 2.45) is 7.05 Å². The Bertz CT molecular complexity index is 629. The van der Waals surface area contributed by atoms with E-state index in [4.69, 9.17) is 11.6 Å². The minimum absolute atomic E-state index is 0.0768. The smallest absolute Gasteiger partial charge is 0.0987 e. The van der Waals surface area contributed by atoms with Crippen molar-refractivity contribution in [3.8, 4) is 0 Å². The summed E-state index contributed by atoms with van der Waals surface area (Å²) in [5.41, 5.74) is 2.30. The molecule has 0 aliphatic rings. The van der Waals surface area contributed by atoms with Crippen molar-refractivity contribution in [1.29, 1.82) is 0 Å². The second kappa shape index (κ2) is 6.42. The Kier molecular flexibility index (Phi) is 5.02. The van der Waals surface area contributed by atoms with Crippen LogP contribution in [0.25, 0.3) is 0 Å². The van der Waals surface area contributed by atoms with Crippen LogP contribution in [0.4, 0.5) is 0 Å². The van der Waals surface area contributed by atoms with E-state index in [2.05, 4.69) is 43.3 Å². The van der Waals surface area contributed by atoms with Crippen molar-refractivity contribution >= 4 is 23.4 Å². The summed E-state index contributed by atoms with van der Waals surface area (Å²) in [7, 11) is 1.96. The quantitative estimate of drug-likeness (QED) is 0.903. The first-order valence-electron chi connectivity index (χ1n) is 6.97. The minimum Gasteiger partial charge on any atom is -0.308 e. The van der Waals surface area contributed by atoms with E-state index in [0.29, 0.717) is 0 Å². The highest BCUT2D eigenvalue weighted by Gasteiger charge is 2.14. The van der Waals surface area contributed by atoms with Gasteiger partial charge in [-0.1, -0.05) is 35.5 Å². The van der Waals surface area contributed by atoms with Gasteiger partial charge in [0.25, 0.3) is 0 Å². The topological polar surface area (TPSA) is 29.9 Å². The van der Waals surface area contributed by atoms with E-state index in [1.807, 2.05) is 30.8 Å². The number of aryl methyl sites for hydroxylation is 2. The van der Waals surface area contributed by atoms with Crippen molar-refractivity contribution in [3.05, 3.63) is 40.5 Å². The molecule has 0 saturated heterocycles. The van der Waals surface area contributed by atoms with Crippen LogP contribution in [0.1, 0.15) is 32.0 Å². The first kappa shape index (κ1) is 16.4. The second-order valence-electron chi connectivity index (χ2n) is 6.18. The summed E-state index contributed by atoms with van der Waals surface area (Å²) in [4.78, 5) is 1.10. The summed E-state index contributed by atoms with van der Waals surface area (Å²) in [6, 6.07) is 8.14. The van der Waals surface area contributed by atoms with Gasteiger partial charge in [-0.15, -0.1) is 0 Å². The molecule has 0 bridgehead atoms. The maximum Gasteiger partial charge on any atom is 0.0987 e. The largest absolute Gasteiger partial charge is 0.308 e. The third-order valence-electron chi connectivity index (χ3n) is 3.02. The Hall–Kier alpha value is -0.970. The van der Waals surface area contributed by atoms with Crippen LogP contribution in [0, 0.1) is 6.92 Å². The van der Waals surface area contributed by atoms with Crippen molar-refractivity contribution in [2.75, 3.05) is 0 Å². The molecule has 1 aromatic carbocycles. The fourth-order valence-electron chi connectivity index (χ4n) is 1.95. The maximum atomic E-state index is 6.41. The van der Waals surface area contributed by atoms with Crippen LogP contribution in [-0.2, 0) is 13.6 Å². The van der Waals surface area contributed by atoms with Gasteiger partial charge in [0.1, 0.15) is 0 Å². The molecule has 3 nitrogen and oxygen atoms in total. The van der Waals surface area contributed by atoms with Crippen LogP contribution in [0.2, 0.25) is 5.02 Å². The van der Waals surface area contributed by atoms with E-state index in [1.165, 1.54) is 5.56 Å². The predicted molar refractivity (Wildman–Crippen MR) is 90.1 cm³/mol. The molecule has 114 valence electrons. The van der Waals surface area contributed by atoms with Crippen LogP contribution in [-0.4, -0.2) is 15.3 Å². The lowest BCUT2D eigenvalue weighted by molar-refractivity contribution is 0.422. The van der Waals surface area contributed by atoms with Gasteiger partial charge in [0.05, 0.1) is 15.7 Å². The number of rotatable bonds is 4. The number of hydrogen-bond donors (Lipinski definition) is 1. The highest BCUT2D eigenvalue weighted by Crippen LogP contribution is 2.36. The molecule has 0 aliphatic heterocycles. The number of hydrogen-bond acceptors (Lipinski definition) is 3. The maximum absolute atomic E-state index is 6.41. The Balaban J connectivity index is 2.27. The molecule has 1 aromatic heterocycles. The van der Waals surface area contributed by atoms with E-state index in [0.717, 1.165) is 27.2 Å². The summed E-state index contributed by atoms with van der Waals surface area (Å²) in [6.45, 7) is 9.28. The molecule has 0 saturated carbocycles. The number of aromatic nitrogens is 2. The van der Waals surface area contributed by atoms with Crippen LogP contribution in [0.5, 0.6) is 0 Å². The lowest BCUT2D eigenvalue weighted by atomic mass is 10.1. The minimum atomic E-state index is 0.0768. The fraction of sp³-hybridized carbons (Fsp3) is 0.438. The molecule has 0 fully saturated rings. The van der Waals surface area contributed by atoms with Crippen LogP contribution in [0.15, 0.2) is 34.2 Å². The Morgan fingerprint density at radius 1 is 1.33 bits per heavy atom. The molecule has 1 heterocycles. The first-order chi connectivity index (χ1) is 9.76. The summed E-state index contributed by atoms with van der Waals surface area (Å²) in [5, 5.41) is 9.79. The SMILES string of the molecule is Cc1cc(Sc2c(Cl)cccc2CNC(C)(C)C)n(C)n1. The number of nitrogens with one attached hydrogen (secondary N) is 1. The Morgan fingerprint density at radius 2 is 2.05 bits per heavy atom. The number of halogens is 1. The fourth-order valence-corrected chi connectivity index (χ4v) is 3.31. The standard InChI is InChI=1S/C16H22ClN3S/c1-11-9-14(20(5)19-11)21-15-12(7-6-8-13(15)17)10-18-16(2,3)4/h6-9,18H,10H2,1-5H3. The van der Waals surface area contributed by atoms with E-state index in [9.17, 15) is 0 Å². The molecule has 2 rings (SSSR count). The van der Waals surface area contributed by atoms with E-state index in [-0.39, 0.29) is 5.54 Å². The van der Waals surface area contributed by atoms with Crippen molar-refractivity contribution in [3.63, 3.8) is 0 Å². The van der Waals surface area contributed by atoms with Gasteiger partial charge in [-0.2, -0.15) is 5.10 Å². The van der Waals surface area contributed by atoms with Crippen LogP contribution < -0.4 is 5.32 Å². The molecule has 0 amide bonds. The molecule has 2 aromatic rings. The van der Waals surface area contributed by atoms with Crippen molar-refractivity contribution in [1.82, 2.24) is 15.1 Å². The van der Waals surface area contributed by atoms with Crippen molar-refractivity contribution in [2.45, 2.75) is 49.7 Å². The first-order valence-corrected chi connectivity index (χ1v) is 8.16. The zero-order valence-corrected chi connectivity index (χ0v) is 14.8. The summed E-state index contributed by atoms with van der Waals surface area (Å²) in [5.74, 6) is 0. The van der Waals surface area contributed by atoms with Crippen molar-refractivity contribution < 1.29 is 0 Å². The van der Waals surface area contributed by atoms with Gasteiger partial charge in [-0.3, -0.25) is 4.68 Å². The van der Waals surface area contributed by atoms with Gasteiger partial charge >= 0.3 is 0 Å². The van der Waals surface area contributed by atoms with Gasteiger partial charge in [0.15, 0.2) is 0 Å². The summed E-state index contributed by atoms with van der Waals surface area (Å²) >= 11 is 8.08. The molecule has 0 atom stereocenters. The van der Waals surface area contributed by atoms with Crippen LogP contribution in [0.3, 0.4) is 0 Å². The molecule has 0 spiro atoms. The van der Waals surface area contributed by atoms with E-state index >= 15 is 0 Å². The van der Waals surface area contributed by atoms with E-state index in [1.54, 1.807) is 11.8 Å². The monoisotopic (exact) mass is 323 g/mol. The summed E-state index contributed by atoms with van der Waals surface area (Å²) < 4.78 is 1.89. The zero-order chi connectivity index (χ0) is 15.6. The highest BCUT2D eigenvalue weighted by atomic mass is 35.5. The van der Waals surface area contributed by atoms with Gasteiger partial charge < -0.3 is 5.32 Å². The molecular weight excluding hydrogens is 302 g/mol. The normalized spacial score (nSPS) is 11.9. The average molecular weight is 324 g/mol. The van der Waals surface area contributed by atoms with Gasteiger partial charge in [-0.25, -0.2) is 0 Å². The van der Waals surface area contributed by atoms with E-state index < -0.39 is 0 Å². The molecular formula is C16H22ClN3S. The lowest BCUT2D eigenvalue weighted by Crippen LogP contribution is -2.35. The molecule has 21 heavy (non-hydrogen) atoms. The highest BCUT2D eigenvalue weighted by molar-refractivity contribution is 7.99. The zero-order valence-electron chi connectivity index (χ0n) is 13.2. The Morgan fingerprint density at radius 3 is 2.62 bits per heavy atom. The molecule has 5 heteroatoms. The molecule has 0 aliphatic carbocycles.